The first kappa shape index (κ1) is 27.8. The lowest BCUT2D eigenvalue weighted by Crippen LogP contribution is -2.53. The Balaban J connectivity index is 1.46. The number of carbonyl (C=O) groups excluding carboxylic acids is 1. The van der Waals surface area contributed by atoms with Crippen LogP contribution in [-0.4, -0.2) is 53.5 Å². The van der Waals surface area contributed by atoms with E-state index in [9.17, 15) is 30.8 Å². The van der Waals surface area contributed by atoms with Crippen molar-refractivity contribution in [3.05, 3.63) is 107 Å². The van der Waals surface area contributed by atoms with Gasteiger partial charge in [0.25, 0.3) is 0 Å². The average molecular weight is 599 g/mol. The second-order valence-corrected chi connectivity index (χ2v) is 12.0. The lowest BCUT2D eigenvalue weighted by Gasteiger charge is -2.44. The molecule has 0 radical (unpaired) electrons. The Morgan fingerprint density at radius 3 is 2.43 bits per heavy atom. The van der Waals surface area contributed by atoms with E-state index in [2.05, 4.69) is 10.1 Å². The Kier molecular flexibility index (Phi) is 6.73. The Hall–Kier alpha value is -4.36. The Morgan fingerprint density at radius 2 is 1.74 bits per heavy atom. The number of nitrogens with zero attached hydrogens (tertiary/aromatic N) is 4. The van der Waals surface area contributed by atoms with Crippen LogP contribution in [0.15, 0.2) is 71.4 Å². The standard InChI is InChI=1S/C29H22F4N4O4S/c1-41-21-6-8-34-25(11-21)28(38)29-14-17-15-35-37(20-4-2-19(30)3-5-20)26(17)10-18(29)7-9-36(16-29)42(39,40)22-12-23(31)27(33)24(32)13-22/h2-6,8,10-13,15H,7,9,14,16H2,1H3. The molecule has 1 fully saturated rings. The molecular weight excluding hydrogens is 576 g/mol. The summed E-state index contributed by atoms with van der Waals surface area (Å²) in [6.45, 7) is -0.490. The third-order valence-electron chi connectivity index (χ3n) is 7.68. The maximum atomic E-state index is 14.3. The predicted octanol–water partition coefficient (Wildman–Crippen LogP) is 4.74. The smallest absolute Gasteiger partial charge is 0.243 e. The number of hydrogen-bond acceptors (Lipinski definition) is 6. The SMILES string of the molecule is COc1ccnc(C(=O)C23Cc4cnn(-c5ccc(F)cc5)c4C=C2CCN(S(=O)(=O)c2cc(F)c(F)c(F)c2)C3)c1. The van der Waals surface area contributed by atoms with Gasteiger partial charge < -0.3 is 4.74 Å². The van der Waals surface area contributed by atoms with Crippen LogP contribution in [0.25, 0.3) is 11.8 Å². The number of hydrogen-bond donors (Lipinski definition) is 0. The quantitative estimate of drug-likeness (QED) is 0.181. The second kappa shape index (κ2) is 10.2. The minimum absolute atomic E-state index is 0.0330. The number of aromatic nitrogens is 3. The molecule has 2 aliphatic rings. The fourth-order valence-corrected chi connectivity index (χ4v) is 7.07. The summed E-state index contributed by atoms with van der Waals surface area (Å²) in [4.78, 5) is 17.7. The maximum absolute atomic E-state index is 14.3. The molecule has 6 rings (SSSR count). The number of piperidine rings is 1. The van der Waals surface area contributed by atoms with Crippen LogP contribution in [0.4, 0.5) is 17.6 Å². The zero-order valence-electron chi connectivity index (χ0n) is 22.0. The van der Waals surface area contributed by atoms with Crippen molar-refractivity contribution >= 4 is 21.9 Å². The number of fused-ring (bicyclic) bond motifs is 2. The summed E-state index contributed by atoms with van der Waals surface area (Å²) >= 11 is 0. The van der Waals surface area contributed by atoms with Crippen molar-refractivity contribution in [3.8, 4) is 11.4 Å². The number of pyridine rings is 1. The van der Waals surface area contributed by atoms with E-state index in [1.807, 2.05) is 0 Å². The van der Waals surface area contributed by atoms with E-state index in [1.54, 1.807) is 35.2 Å². The van der Waals surface area contributed by atoms with Crippen LogP contribution < -0.4 is 4.74 Å². The van der Waals surface area contributed by atoms with Gasteiger partial charge in [-0.2, -0.15) is 9.40 Å². The van der Waals surface area contributed by atoms with Crippen molar-refractivity contribution in [3.63, 3.8) is 0 Å². The highest BCUT2D eigenvalue weighted by molar-refractivity contribution is 7.89. The molecule has 0 amide bonds. The van der Waals surface area contributed by atoms with Crippen LogP contribution in [0.3, 0.4) is 0 Å². The van der Waals surface area contributed by atoms with E-state index >= 15 is 0 Å². The van der Waals surface area contributed by atoms with Crippen molar-refractivity contribution in [1.82, 2.24) is 19.1 Å². The summed E-state index contributed by atoms with van der Waals surface area (Å²) in [7, 11) is -3.12. The van der Waals surface area contributed by atoms with Crippen LogP contribution in [0, 0.1) is 28.7 Å². The van der Waals surface area contributed by atoms with Crippen molar-refractivity contribution in [2.75, 3.05) is 20.2 Å². The normalized spacial score (nSPS) is 18.6. The van der Waals surface area contributed by atoms with E-state index in [4.69, 9.17) is 4.74 Å². The zero-order chi connectivity index (χ0) is 29.8. The first-order valence-electron chi connectivity index (χ1n) is 12.8. The van der Waals surface area contributed by atoms with Crippen LogP contribution in [-0.2, 0) is 16.4 Å². The highest BCUT2D eigenvalue weighted by Crippen LogP contribution is 2.47. The third kappa shape index (κ3) is 4.49. The molecule has 2 aromatic heterocycles. The molecular formula is C29H22F4N4O4S. The number of methoxy groups -OCH3 is 1. The topological polar surface area (TPSA) is 94.4 Å². The first-order chi connectivity index (χ1) is 20.0. The van der Waals surface area contributed by atoms with E-state index < -0.39 is 49.4 Å². The fraction of sp³-hybridized carbons (Fsp3) is 0.207. The molecule has 8 nitrogen and oxygen atoms in total. The van der Waals surface area contributed by atoms with Gasteiger partial charge in [-0.05, 0) is 66.9 Å². The van der Waals surface area contributed by atoms with Crippen molar-refractivity contribution < 1.29 is 35.5 Å². The summed E-state index contributed by atoms with van der Waals surface area (Å²) in [5, 5.41) is 4.44. The second-order valence-electron chi connectivity index (χ2n) is 10.1. The maximum Gasteiger partial charge on any atom is 0.243 e. The molecule has 42 heavy (non-hydrogen) atoms. The Labute approximate surface area is 237 Å². The van der Waals surface area contributed by atoms with Gasteiger partial charge >= 0.3 is 0 Å². The molecule has 13 heteroatoms. The lowest BCUT2D eigenvalue weighted by molar-refractivity contribution is 0.0769. The molecule has 0 N–H and O–H groups in total. The number of ketones is 1. The van der Waals surface area contributed by atoms with Gasteiger partial charge in [-0.1, -0.05) is 5.57 Å². The van der Waals surface area contributed by atoms with E-state index in [-0.39, 0.29) is 31.6 Å². The first-order valence-corrected chi connectivity index (χ1v) is 14.2. The van der Waals surface area contributed by atoms with Crippen LogP contribution in [0.5, 0.6) is 5.75 Å². The van der Waals surface area contributed by atoms with Crippen molar-refractivity contribution in [1.29, 1.82) is 0 Å². The van der Waals surface area contributed by atoms with Crippen LogP contribution in [0.1, 0.15) is 28.2 Å². The number of sulfonamides is 1. The van der Waals surface area contributed by atoms with Gasteiger partial charge in [-0.25, -0.2) is 30.7 Å². The minimum Gasteiger partial charge on any atom is -0.497 e. The van der Waals surface area contributed by atoms with Gasteiger partial charge in [0.2, 0.25) is 10.0 Å². The van der Waals surface area contributed by atoms with Crippen LogP contribution >= 0.6 is 0 Å². The highest BCUT2D eigenvalue weighted by Gasteiger charge is 2.51. The lowest BCUT2D eigenvalue weighted by atomic mass is 9.65. The van der Waals surface area contributed by atoms with Gasteiger partial charge in [0.1, 0.15) is 17.3 Å². The number of benzene rings is 2. The molecule has 1 aliphatic heterocycles. The summed E-state index contributed by atoms with van der Waals surface area (Å²) in [5.41, 5.74) is 1.05. The van der Waals surface area contributed by atoms with Gasteiger partial charge in [0, 0.05) is 25.4 Å². The van der Waals surface area contributed by atoms with Gasteiger partial charge in [0.15, 0.2) is 23.2 Å². The summed E-state index contributed by atoms with van der Waals surface area (Å²) in [6.07, 6.45) is 4.85. The minimum atomic E-state index is -4.55. The molecule has 2 aromatic carbocycles. The number of carbonyl (C=O) groups is 1. The molecule has 0 saturated carbocycles. The average Bonchev–Trinajstić information content (AvgIpc) is 3.40. The molecule has 216 valence electrons. The number of rotatable bonds is 6. The third-order valence-corrected chi connectivity index (χ3v) is 9.50. The van der Waals surface area contributed by atoms with E-state index in [0.29, 0.717) is 40.4 Å². The van der Waals surface area contributed by atoms with Crippen LogP contribution in [0.2, 0.25) is 0 Å². The number of ether oxygens (including phenoxy) is 1. The van der Waals surface area contributed by atoms with E-state index in [1.165, 1.54) is 31.5 Å². The van der Waals surface area contributed by atoms with Gasteiger partial charge in [-0.15, -0.1) is 0 Å². The molecule has 1 unspecified atom stereocenters. The largest absolute Gasteiger partial charge is 0.497 e. The Bertz CT molecular complexity index is 1850. The zero-order valence-corrected chi connectivity index (χ0v) is 22.8. The number of halogens is 4. The Morgan fingerprint density at radius 1 is 1.02 bits per heavy atom. The molecule has 0 spiro atoms. The molecule has 0 bridgehead atoms. The van der Waals surface area contributed by atoms with Crippen molar-refractivity contribution in [2.45, 2.75) is 17.7 Å². The predicted molar refractivity (Wildman–Crippen MR) is 142 cm³/mol. The summed E-state index contributed by atoms with van der Waals surface area (Å²) in [6, 6.07) is 9.56. The monoisotopic (exact) mass is 598 g/mol. The van der Waals surface area contributed by atoms with Gasteiger partial charge in [-0.3, -0.25) is 9.78 Å². The highest BCUT2D eigenvalue weighted by atomic mass is 32.2. The molecule has 1 atom stereocenters. The fourth-order valence-electron chi connectivity index (χ4n) is 5.55. The summed E-state index contributed by atoms with van der Waals surface area (Å²) < 4.78 is 90.2. The number of Topliss-reactive ketones (excluding diaryl/α,β-unsaturated/α-hetero) is 1. The molecule has 1 saturated heterocycles. The van der Waals surface area contributed by atoms with Gasteiger partial charge in [0.05, 0.1) is 35.0 Å². The molecule has 4 aromatic rings. The van der Waals surface area contributed by atoms with E-state index in [0.717, 1.165) is 4.31 Å². The van der Waals surface area contributed by atoms with Crippen molar-refractivity contribution in [2.24, 2.45) is 5.41 Å². The molecule has 1 aliphatic carbocycles. The summed E-state index contributed by atoms with van der Waals surface area (Å²) in [5.74, 6) is -5.60. The molecule has 3 heterocycles.